The van der Waals surface area contributed by atoms with Crippen molar-refractivity contribution in [3.8, 4) is 0 Å². The molecule has 0 aliphatic carbocycles. The first-order valence-corrected chi connectivity index (χ1v) is 18.3. The zero-order valence-corrected chi connectivity index (χ0v) is 29.1. The Balaban J connectivity index is 0. The topological polar surface area (TPSA) is 40.1 Å². The highest BCUT2D eigenvalue weighted by Crippen LogP contribution is 2.21. The molecule has 0 unspecified atom stereocenters. The highest BCUT2D eigenvalue weighted by atomic mass is 16.4. The number of quaternary nitrogens is 1. The van der Waals surface area contributed by atoms with Crippen LogP contribution in [-0.2, 0) is 4.79 Å². The lowest BCUT2D eigenvalue weighted by Crippen LogP contribution is -2.50. The van der Waals surface area contributed by atoms with E-state index in [2.05, 4.69) is 27.7 Å². The molecule has 0 aliphatic rings. The number of carbonyl (C=O) groups excluding carboxylic acids is 1. The molecule has 242 valence electrons. The van der Waals surface area contributed by atoms with Gasteiger partial charge < -0.3 is 14.4 Å². The standard InChI is InChI=1S/C32H68N.C5H10O2/c1-5-9-13-17-21-25-29-33(30-26-22-18-14-10-6-2,31-27-23-19-15-11-7-3)32-28-24-20-16-12-8-4;1-5(2,3)4(6)7/h5-32H2,1-4H3;1-3H3,(H,6,7)/q+1;/p-1. The Bertz CT molecular complexity index is 441. The van der Waals surface area contributed by atoms with Crippen LogP contribution in [0, 0.1) is 5.41 Å². The molecule has 0 fully saturated rings. The molecule has 0 atom stereocenters. The summed E-state index contributed by atoms with van der Waals surface area (Å²) < 4.78 is 1.48. The maximum Gasteiger partial charge on any atom is 0.0786 e. The van der Waals surface area contributed by atoms with Crippen molar-refractivity contribution in [3.63, 3.8) is 0 Å². The van der Waals surface area contributed by atoms with Crippen molar-refractivity contribution in [2.75, 3.05) is 26.2 Å². The second kappa shape index (κ2) is 29.9. The molecule has 0 aromatic heterocycles. The van der Waals surface area contributed by atoms with Gasteiger partial charge in [-0.3, -0.25) is 0 Å². The molecule has 40 heavy (non-hydrogen) atoms. The van der Waals surface area contributed by atoms with Crippen LogP contribution in [0.4, 0.5) is 0 Å². The van der Waals surface area contributed by atoms with E-state index in [1.165, 1.54) is 185 Å². The fraction of sp³-hybridized carbons (Fsp3) is 0.973. The Hall–Kier alpha value is -0.570. The summed E-state index contributed by atoms with van der Waals surface area (Å²) >= 11 is 0. The fourth-order valence-electron chi connectivity index (χ4n) is 5.58. The Morgan fingerprint density at radius 1 is 0.425 bits per heavy atom. The van der Waals surface area contributed by atoms with E-state index in [0.29, 0.717) is 0 Å². The summed E-state index contributed by atoms with van der Waals surface area (Å²) in [6.45, 7) is 20.1. The van der Waals surface area contributed by atoms with E-state index < -0.39 is 11.4 Å². The molecule has 0 bridgehead atoms. The first kappa shape index (κ1) is 41.6. The van der Waals surface area contributed by atoms with Crippen LogP contribution in [0.3, 0.4) is 0 Å². The van der Waals surface area contributed by atoms with Crippen LogP contribution in [-0.4, -0.2) is 36.6 Å². The molecular weight excluding hydrogens is 490 g/mol. The minimum atomic E-state index is -1.01. The van der Waals surface area contributed by atoms with Gasteiger partial charge in [-0.05, 0) is 51.4 Å². The van der Waals surface area contributed by atoms with Crippen molar-refractivity contribution in [1.82, 2.24) is 0 Å². The lowest BCUT2D eigenvalue weighted by Gasteiger charge is -2.40. The summed E-state index contributed by atoms with van der Waals surface area (Å²) in [7, 11) is 0. The van der Waals surface area contributed by atoms with Gasteiger partial charge in [-0.15, -0.1) is 0 Å². The molecule has 0 saturated heterocycles. The molecule has 0 amide bonds. The van der Waals surface area contributed by atoms with Gasteiger partial charge in [-0.25, -0.2) is 0 Å². The quantitative estimate of drug-likeness (QED) is 0.0696. The summed E-state index contributed by atoms with van der Waals surface area (Å²) in [5.41, 5.74) is -0.694. The number of aliphatic carboxylic acids is 1. The van der Waals surface area contributed by atoms with Gasteiger partial charge in [0, 0.05) is 11.4 Å². The zero-order valence-electron chi connectivity index (χ0n) is 29.1. The highest BCUT2D eigenvalue weighted by molar-refractivity contribution is 5.70. The first-order chi connectivity index (χ1) is 19.2. The van der Waals surface area contributed by atoms with E-state index in [1.54, 1.807) is 20.8 Å². The molecule has 0 rings (SSSR count). The number of rotatable bonds is 28. The molecule has 3 nitrogen and oxygen atoms in total. The van der Waals surface area contributed by atoms with Crippen LogP contribution in [0.15, 0.2) is 0 Å². The van der Waals surface area contributed by atoms with E-state index in [-0.39, 0.29) is 0 Å². The van der Waals surface area contributed by atoms with Crippen LogP contribution in [0.5, 0.6) is 0 Å². The maximum atomic E-state index is 9.91. The number of hydrogen-bond donors (Lipinski definition) is 0. The average Bonchev–Trinajstić information content (AvgIpc) is 2.92. The van der Waals surface area contributed by atoms with E-state index in [4.69, 9.17) is 0 Å². The summed E-state index contributed by atoms with van der Waals surface area (Å²) in [6, 6.07) is 0. The van der Waals surface area contributed by atoms with Gasteiger partial charge in [0.2, 0.25) is 0 Å². The minimum Gasteiger partial charge on any atom is -0.550 e. The van der Waals surface area contributed by atoms with Gasteiger partial charge in [0.1, 0.15) is 0 Å². The summed E-state index contributed by atoms with van der Waals surface area (Å²) in [5, 5.41) is 9.91. The Labute approximate surface area is 254 Å². The number of nitrogens with zero attached hydrogens (tertiary/aromatic N) is 1. The number of carbonyl (C=O) groups is 1. The highest BCUT2D eigenvalue weighted by Gasteiger charge is 2.25. The molecule has 0 aromatic rings. The second-order valence-corrected chi connectivity index (χ2v) is 13.8. The van der Waals surface area contributed by atoms with E-state index in [9.17, 15) is 9.90 Å². The molecule has 0 radical (unpaired) electrons. The molecule has 0 aromatic carbocycles. The van der Waals surface area contributed by atoms with Gasteiger partial charge in [-0.2, -0.15) is 0 Å². The predicted octanol–water partition coefficient (Wildman–Crippen LogP) is 11.0. The van der Waals surface area contributed by atoms with E-state index in [0.717, 1.165) is 0 Å². The normalized spacial score (nSPS) is 11.9. The lowest BCUT2D eigenvalue weighted by molar-refractivity contribution is -0.929. The van der Waals surface area contributed by atoms with Crippen molar-refractivity contribution >= 4 is 5.97 Å². The average molecular weight is 568 g/mol. The molecule has 3 heteroatoms. The van der Waals surface area contributed by atoms with Crippen molar-refractivity contribution in [1.29, 1.82) is 0 Å². The van der Waals surface area contributed by atoms with Gasteiger partial charge in [0.05, 0.1) is 26.2 Å². The number of unbranched alkanes of at least 4 members (excludes halogenated alkanes) is 20. The van der Waals surface area contributed by atoms with Gasteiger partial charge in [-0.1, -0.05) is 151 Å². The van der Waals surface area contributed by atoms with Crippen molar-refractivity contribution < 1.29 is 14.4 Å². The molecule has 0 aliphatic heterocycles. The maximum absolute atomic E-state index is 9.91. The molecule has 0 N–H and O–H groups in total. The summed E-state index contributed by atoms with van der Waals surface area (Å²) in [6.07, 6.45) is 34.8. The largest absolute Gasteiger partial charge is 0.550 e. The smallest absolute Gasteiger partial charge is 0.0786 e. The van der Waals surface area contributed by atoms with Gasteiger partial charge in [0.15, 0.2) is 0 Å². The van der Waals surface area contributed by atoms with Crippen LogP contribution in [0.1, 0.15) is 203 Å². The summed E-state index contributed by atoms with van der Waals surface area (Å²) in [4.78, 5) is 9.91. The monoisotopic (exact) mass is 568 g/mol. The van der Waals surface area contributed by atoms with E-state index >= 15 is 0 Å². The predicted molar refractivity (Wildman–Crippen MR) is 178 cm³/mol. The number of hydrogen-bond acceptors (Lipinski definition) is 2. The minimum absolute atomic E-state index is 0.694. The second-order valence-electron chi connectivity index (χ2n) is 13.8. The lowest BCUT2D eigenvalue weighted by atomic mass is 9.98. The number of carboxylic acids is 1. The van der Waals surface area contributed by atoms with Crippen molar-refractivity contribution in [3.05, 3.63) is 0 Å². The third kappa shape index (κ3) is 28.9. The van der Waals surface area contributed by atoms with Gasteiger partial charge >= 0.3 is 0 Å². The molecule has 0 spiro atoms. The summed E-state index contributed by atoms with van der Waals surface area (Å²) in [5.74, 6) is -1.01. The molecule has 0 saturated carbocycles. The Morgan fingerprint density at radius 3 is 0.775 bits per heavy atom. The van der Waals surface area contributed by atoms with Crippen LogP contribution in [0.2, 0.25) is 0 Å². The third-order valence-electron chi connectivity index (χ3n) is 8.56. The van der Waals surface area contributed by atoms with Crippen LogP contribution < -0.4 is 5.11 Å². The fourth-order valence-corrected chi connectivity index (χ4v) is 5.58. The first-order valence-electron chi connectivity index (χ1n) is 18.3. The van der Waals surface area contributed by atoms with E-state index in [1.807, 2.05) is 0 Å². The third-order valence-corrected chi connectivity index (χ3v) is 8.56. The van der Waals surface area contributed by atoms with Crippen molar-refractivity contribution in [2.24, 2.45) is 5.41 Å². The molecular formula is C37H77NO2. The molecule has 0 heterocycles. The SMILES string of the molecule is CC(C)(C)C(=O)[O-].CCCCCCCC[N+](CCCCCCCC)(CCCCCCCC)CCCCCCCC. The van der Waals surface area contributed by atoms with Crippen LogP contribution in [0.25, 0.3) is 0 Å². The number of carboxylic acid groups (broad SMARTS) is 1. The Morgan fingerprint density at radius 2 is 0.600 bits per heavy atom. The zero-order chi connectivity index (χ0) is 30.4. The van der Waals surface area contributed by atoms with Gasteiger partial charge in [0.25, 0.3) is 0 Å². The van der Waals surface area contributed by atoms with Crippen molar-refractivity contribution in [2.45, 2.75) is 203 Å². The Kier molecular flexibility index (Phi) is 31.1. The van der Waals surface area contributed by atoms with Crippen LogP contribution >= 0.6 is 0 Å².